The third-order valence-corrected chi connectivity index (χ3v) is 6.36. The Kier molecular flexibility index (Phi) is 6.98. The van der Waals surface area contributed by atoms with Crippen molar-refractivity contribution in [3.8, 4) is 11.8 Å². The first-order valence-electron chi connectivity index (χ1n) is 10.6. The molecule has 1 aliphatic heterocycles. The van der Waals surface area contributed by atoms with Crippen LogP contribution in [-0.4, -0.2) is 58.3 Å². The van der Waals surface area contributed by atoms with Crippen molar-refractivity contribution in [2.45, 2.75) is 25.7 Å². The van der Waals surface area contributed by atoms with E-state index in [0.29, 0.717) is 44.2 Å². The second kappa shape index (κ2) is 9.40. The van der Waals surface area contributed by atoms with Crippen molar-refractivity contribution >= 4 is 21.4 Å². The summed E-state index contributed by atoms with van der Waals surface area (Å²) in [5.41, 5.74) is 0.681. The maximum atomic E-state index is 14.4. The molecule has 0 N–H and O–H groups in total. The molecular weight excluding hydrogens is 445 g/mol. The Labute approximate surface area is 194 Å². The fourth-order valence-corrected chi connectivity index (χ4v) is 4.13. The van der Waals surface area contributed by atoms with Gasteiger partial charge in [0, 0.05) is 32.4 Å². The Morgan fingerprint density at radius 1 is 1.12 bits per heavy atom. The minimum Gasteiger partial charge on any atom is -0.492 e. The number of rotatable bonds is 5. The monoisotopic (exact) mass is 473 g/mol. The van der Waals surface area contributed by atoms with E-state index in [-0.39, 0.29) is 27.3 Å². The summed E-state index contributed by atoms with van der Waals surface area (Å²) in [6.07, 6.45) is 1.09. The lowest BCUT2D eigenvalue weighted by atomic mass is 9.98. The van der Waals surface area contributed by atoms with Gasteiger partial charge in [-0.25, -0.2) is 12.8 Å². The quantitative estimate of drug-likeness (QED) is 0.660. The molecule has 3 rings (SSSR count). The molecule has 0 saturated carbocycles. The number of anilines is 1. The van der Waals surface area contributed by atoms with Crippen molar-refractivity contribution in [2.24, 2.45) is 5.41 Å². The molecule has 1 saturated heterocycles. The number of amides is 1. The molecule has 1 heterocycles. The molecule has 0 spiro atoms. The SMILES string of the molecule is CC(C)(C)COc1ccc(S(C)(=O)=O)cc1C(=O)N1CCN(c2ccc(C#N)cc2F)CC1. The van der Waals surface area contributed by atoms with Crippen LogP contribution in [0.25, 0.3) is 0 Å². The van der Waals surface area contributed by atoms with Crippen LogP contribution in [0.1, 0.15) is 36.7 Å². The van der Waals surface area contributed by atoms with E-state index >= 15 is 0 Å². The van der Waals surface area contributed by atoms with Gasteiger partial charge >= 0.3 is 0 Å². The average molecular weight is 474 g/mol. The molecule has 0 aliphatic carbocycles. The summed E-state index contributed by atoms with van der Waals surface area (Å²) in [6, 6.07) is 10.6. The Morgan fingerprint density at radius 3 is 2.33 bits per heavy atom. The first-order valence-corrected chi connectivity index (χ1v) is 12.5. The largest absolute Gasteiger partial charge is 0.492 e. The molecule has 2 aromatic carbocycles. The van der Waals surface area contributed by atoms with Gasteiger partial charge in [-0.05, 0) is 41.8 Å². The molecule has 33 heavy (non-hydrogen) atoms. The van der Waals surface area contributed by atoms with Crippen LogP contribution in [0.2, 0.25) is 0 Å². The van der Waals surface area contributed by atoms with Gasteiger partial charge in [0.05, 0.1) is 34.4 Å². The van der Waals surface area contributed by atoms with Crippen LogP contribution >= 0.6 is 0 Å². The second-order valence-corrected chi connectivity index (χ2v) is 11.4. The molecule has 2 aromatic rings. The number of nitrogens with zero attached hydrogens (tertiary/aromatic N) is 3. The lowest BCUT2D eigenvalue weighted by Gasteiger charge is -2.36. The lowest BCUT2D eigenvalue weighted by Crippen LogP contribution is -2.49. The highest BCUT2D eigenvalue weighted by Crippen LogP contribution is 2.28. The van der Waals surface area contributed by atoms with Crippen LogP contribution in [0.3, 0.4) is 0 Å². The summed E-state index contributed by atoms with van der Waals surface area (Å²) in [5.74, 6) is -0.472. The van der Waals surface area contributed by atoms with Crippen molar-refractivity contribution < 1.29 is 22.3 Å². The number of hydrogen-bond acceptors (Lipinski definition) is 6. The molecular formula is C24H28FN3O4S. The summed E-state index contributed by atoms with van der Waals surface area (Å²) in [4.78, 5) is 16.8. The summed E-state index contributed by atoms with van der Waals surface area (Å²) >= 11 is 0. The molecule has 0 radical (unpaired) electrons. The molecule has 0 aromatic heterocycles. The normalized spacial score (nSPS) is 14.7. The predicted molar refractivity (Wildman–Crippen MR) is 124 cm³/mol. The van der Waals surface area contributed by atoms with E-state index in [4.69, 9.17) is 10.00 Å². The van der Waals surface area contributed by atoms with Crippen molar-refractivity contribution in [1.29, 1.82) is 5.26 Å². The van der Waals surface area contributed by atoms with Crippen LogP contribution in [0.4, 0.5) is 10.1 Å². The smallest absolute Gasteiger partial charge is 0.257 e. The van der Waals surface area contributed by atoms with E-state index < -0.39 is 15.7 Å². The number of carbonyl (C=O) groups is 1. The van der Waals surface area contributed by atoms with E-state index in [0.717, 1.165) is 6.26 Å². The Hall–Kier alpha value is -3.12. The van der Waals surface area contributed by atoms with E-state index in [9.17, 15) is 17.6 Å². The zero-order valence-electron chi connectivity index (χ0n) is 19.3. The summed E-state index contributed by atoms with van der Waals surface area (Å²) in [5, 5.41) is 8.92. The van der Waals surface area contributed by atoms with Crippen molar-refractivity contribution in [3.63, 3.8) is 0 Å². The van der Waals surface area contributed by atoms with Crippen molar-refractivity contribution in [3.05, 3.63) is 53.3 Å². The van der Waals surface area contributed by atoms with Gasteiger partial charge in [0.15, 0.2) is 9.84 Å². The van der Waals surface area contributed by atoms with E-state index in [1.165, 1.54) is 24.3 Å². The number of hydrogen-bond donors (Lipinski definition) is 0. The maximum Gasteiger partial charge on any atom is 0.257 e. The van der Waals surface area contributed by atoms with Gasteiger partial charge in [-0.2, -0.15) is 5.26 Å². The number of ether oxygens (including phenoxy) is 1. The van der Waals surface area contributed by atoms with Gasteiger partial charge in [0.1, 0.15) is 11.6 Å². The molecule has 176 valence electrons. The van der Waals surface area contributed by atoms with Gasteiger partial charge in [0.25, 0.3) is 5.91 Å². The molecule has 0 unspecified atom stereocenters. The van der Waals surface area contributed by atoms with Crippen molar-refractivity contribution in [1.82, 2.24) is 4.90 Å². The summed E-state index contributed by atoms with van der Waals surface area (Å²) in [7, 11) is -3.50. The second-order valence-electron chi connectivity index (χ2n) is 9.34. The van der Waals surface area contributed by atoms with Gasteiger partial charge in [-0.1, -0.05) is 20.8 Å². The third kappa shape index (κ3) is 6.02. The van der Waals surface area contributed by atoms with Crippen LogP contribution in [0.15, 0.2) is 41.3 Å². The number of piperazine rings is 1. The van der Waals surface area contributed by atoms with Crippen LogP contribution < -0.4 is 9.64 Å². The molecule has 7 nitrogen and oxygen atoms in total. The van der Waals surface area contributed by atoms with E-state index in [1.54, 1.807) is 17.0 Å². The minimum absolute atomic E-state index is 0.0484. The molecule has 9 heteroatoms. The molecule has 1 fully saturated rings. The number of carbonyl (C=O) groups excluding carboxylic acids is 1. The van der Waals surface area contributed by atoms with E-state index in [2.05, 4.69) is 0 Å². The highest BCUT2D eigenvalue weighted by atomic mass is 32.2. The van der Waals surface area contributed by atoms with Gasteiger partial charge in [-0.15, -0.1) is 0 Å². The Bertz CT molecular complexity index is 1190. The number of benzene rings is 2. The third-order valence-electron chi connectivity index (χ3n) is 5.25. The minimum atomic E-state index is -3.50. The summed E-state index contributed by atoms with van der Waals surface area (Å²) in [6.45, 7) is 7.83. The Balaban J connectivity index is 1.81. The highest BCUT2D eigenvalue weighted by Gasteiger charge is 2.27. The van der Waals surface area contributed by atoms with Crippen molar-refractivity contribution in [2.75, 3.05) is 43.9 Å². The van der Waals surface area contributed by atoms with Crippen LogP contribution in [0, 0.1) is 22.6 Å². The first-order chi connectivity index (χ1) is 15.4. The number of halogens is 1. The van der Waals surface area contributed by atoms with Crippen LogP contribution in [-0.2, 0) is 9.84 Å². The van der Waals surface area contributed by atoms with E-state index in [1.807, 2.05) is 31.7 Å². The summed E-state index contributed by atoms with van der Waals surface area (Å²) < 4.78 is 44.4. The lowest BCUT2D eigenvalue weighted by molar-refractivity contribution is 0.0739. The predicted octanol–water partition coefficient (Wildman–Crippen LogP) is 3.49. The molecule has 1 amide bonds. The fourth-order valence-electron chi connectivity index (χ4n) is 3.48. The standard InChI is InChI=1S/C24H28FN3O4S/c1-24(2,3)16-32-22-8-6-18(33(4,30)31)14-19(22)23(29)28-11-9-27(10-12-28)21-7-5-17(15-26)13-20(21)25/h5-8,13-14H,9-12,16H2,1-4H3. The number of sulfone groups is 1. The van der Waals surface area contributed by atoms with Crippen LogP contribution in [0.5, 0.6) is 5.75 Å². The zero-order valence-corrected chi connectivity index (χ0v) is 20.1. The average Bonchev–Trinajstić information content (AvgIpc) is 2.76. The van der Waals surface area contributed by atoms with Gasteiger partial charge in [0.2, 0.25) is 0 Å². The zero-order chi connectivity index (χ0) is 24.4. The number of nitriles is 1. The Morgan fingerprint density at radius 2 is 1.79 bits per heavy atom. The molecule has 0 bridgehead atoms. The first kappa shape index (κ1) is 24.5. The highest BCUT2D eigenvalue weighted by molar-refractivity contribution is 7.90. The fraction of sp³-hybridized carbons (Fsp3) is 0.417. The van der Waals surface area contributed by atoms with Gasteiger partial charge in [-0.3, -0.25) is 4.79 Å². The molecule has 1 aliphatic rings. The maximum absolute atomic E-state index is 14.4. The molecule has 0 atom stereocenters. The van der Waals surface area contributed by atoms with Gasteiger partial charge < -0.3 is 14.5 Å². The topological polar surface area (TPSA) is 90.7 Å².